The number of esters is 1. The number of nitrogens with zero attached hydrogens (tertiary/aromatic N) is 2. The fourth-order valence-electron chi connectivity index (χ4n) is 3.53. The highest BCUT2D eigenvalue weighted by Gasteiger charge is 2.21. The number of rotatable bonds is 8. The van der Waals surface area contributed by atoms with Crippen molar-refractivity contribution in [1.29, 1.82) is 0 Å². The Hall–Kier alpha value is -3.98. The number of nitrogens with one attached hydrogen (secondary N) is 1. The third-order valence-corrected chi connectivity index (χ3v) is 6.47. The van der Waals surface area contributed by atoms with Gasteiger partial charge in [0.2, 0.25) is 0 Å². The van der Waals surface area contributed by atoms with Crippen LogP contribution in [0.3, 0.4) is 0 Å². The average Bonchev–Trinajstić information content (AvgIpc) is 3.19. The summed E-state index contributed by atoms with van der Waals surface area (Å²) in [5.41, 5.74) is 1.70. The number of aromatic nitrogens is 2. The Labute approximate surface area is 199 Å². The van der Waals surface area contributed by atoms with Crippen LogP contribution < -0.4 is 15.6 Å². The molecule has 2 aromatic heterocycles. The molecular weight excluding hydrogens is 454 g/mol. The first-order chi connectivity index (χ1) is 16.5. The van der Waals surface area contributed by atoms with Gasteiger partial charge >= 0.3 is 5.97 Å². The lowest BCUT2D eigenvalue weighted by atomic mass is 10.2. The average molecular weight is 478 g/mol. The first kappa shape index (κ1) is 23.2. The van der Waals surface area contributed by atoms with E-state index in [0.717, 1.165) is 16.9 Å². The molecule has 0 saturated heterocycles. The number of aryl methyl sites for hydroxylation is 1. The quantitative estimate of drug-likeness (QED) is 0.388. The second kappa shape index (κ2) is 10.3. The second-order valence-electron chi connectivity index (χ2n) is 7.52. The molecule has 8 nitrogen and oxygen atoms in total. The SMILES string of the molecule is COc1ccccc1NC(=O)c1sc2ncn(CC(=O)OCCc3ccccc3)c(=O)c2c1C. The van der Waals surface area contributed by atoms with Gasteiger partial charge in [-0.25, -0.2) is 4.98 Å². The molecule has 0 atom stereocenters. The fraction of sp³-hybridized carbons (Fsp3) is 0.200. The Bertz CT molecular complexity index is 1390. The van der Waals surface area contributed by atoms with Crippen LogP contribution >= 0.6 is 11.3 Å². The minimum absolute atomic E-state index is 0.220. The molecule has 4 rings (SSSR count). The van der Waals surface area contributed by atoms with Crippen molar-refractivity contribution in [3.05, 3.63) is 87.3 Å². The van der Waals surface area contributed by atoms with Gasteiger partial charge in [0.15, 0.2) is 0 Å². The molecule has 0 unspecified atom stereocenters. The lowest BCUT2D eigenvalue weighted by molar-refractivity contribution is -0.144. The summed E-state index contributed by atoms with van der Waals surface area (Å²) in [5, 5.41) is 3.13. The van der Waals surface area contributed by atoms with E-state index in [0.29, 0.717) is 38.5 Å². The van der Waals surface area contributed by atoms with Gasteiger partial charge in [-0.3, -0.25) is 19.0 Å². The number of benzene rings is 2. The maximum absolute atomic E-state index is 13.0. The van der Waals surface area contributed by atoms with Crippen molar-refractivity contribution in [2.75, 3.05) is 19.0 Å². The lowest BCUT2D eigenvalue weighted by Gasteiger charge is -2.09. The monoisotopic (exact) mass is 477 g/mol. The molecule has 1 N–H and O–H groups in total. The van der Waals surface area contributed by atoms with Crippen LogP contribution in [-0.4, -0.2) is 35.1 Å². The smallest absolute Gasteiger partial charge is 0.326 e. The number of hydrogen-bond acceptors (Lipinski definition) is 7. The van der Waals surface area contributed by atoms with Gasteiger partial charge in [-0.2, -0.15) is 0 Å². The van der Waals surface area contributed by atoms with Crippen molar-refractivity contribution in [3.63, 3.8) is 0 Å². The van der Waals surface area contributed by atoms with Gasteiger partial charge in [0, 0.05) is 6.42 Å². The predicted molar refractivity (Wildman–Crippen MR) is 131 cm³/mol. The van der Waals surface area contributed by atoms with Gasteiger partial charge in [-0.1, -0.05) is 42.5 Å². The number of amides is 1. The van der Waals surface area contributed by atoms with Crippen molar-refractivity contribution < 1.29 is 19.1 Å². The van der Waals surface area contributed by atoms with E-state index in [9.17, 15) is 14.4 Å². The molecule has 0 bridgehead atoms. The molecule has 2 heterocycles. The largest absolute Gasteiger partial charge is 0.495 e. The van der Waals surface area contributed by atoms with Crippen molar-refractivity contribution in [3.8, 4) is 5.75 Å². The first-order valence-corrected chi connectivity index (χ1v) is 11.4. The number of thiophene rings is 1. The van der Waals surface area contributed by atoms with E-state index in [1.165, 1.54) is 18.0 Å². The Balaban J connectivity index is 1.49. The second-order valence-corrected chi connectivity index (χ2v) is 8.52. The fourth-order valence-corrected chi connectivity index (χ4v) is 4.56. The van der Waals surface area contributed by atoms with E-state index in [1.54, 1.807) is 31.2 Å². The zero-order chi connectivity index (χ0) is 24.1. The zero-order valence-electron chi connectivity index (χ0n) is 18.7. The van der Waals surface area contributed by atoms with Crippen LogP contribution in [0.5, 0.6) is 5.75 Å². The van der Waals surface area contributed by atoms with Gasteiger partial charge in [0.25, 0.3) is 11.5 Å². The van der Waals surface area contributed by atoms with Crippen LogP contribution in [0.1, 0.15) is 20.8 Å². The van der Waals surface area contributed by atoms with Gasteiger partial charge in [0.05, 0.1) is 36.0 Å². The van der Waals surface area contributed by atoms with E-state index in [-0.39, 0.29) is 19.1 Å². The summed E-state index contributed by atoms with van der Waals surface area (Å²) in [5.74, 6) is -0.363. The molecular formula is C25H23N3O5S. The number of methoxy groups -OCH3 is 1. The van der Waals surface area contributed by atoms with E-state index in [4.69, 9.17) is 9.47 Å². The molecule has 0 aliphatic heterocycles. The summed E-state index contributed by atoms with van der Waals surface area (Å²) in [4.78, 5) is 43.3. The Morgan fingerprint density at radius 3 is 2.59 bits per heavy atom. The molecule has 0 spiro atoms. The van der Waals surface area contributed by atoms with Gasteiger partial charge in [-0.15, -0.1) is 11.3 Å². The molecule has 0 saturated carbocycles. The summed E-state index contributed by atoms with van der Waals surface area (Å²) in [6.07, 6.45) is 1.90. The molecule has 4 aromatic rings. The van der Waals surface area contributed by atoms with Gasteiger partial charge in [-0.05, 0) is 30.2 Å². The topological polar surface area (TPSA) is 99.5 Å². The maximum atomic E-state index is 13.0. The molecule has 174 valence electrons. The molecule has 0 aliphatic rings. The Kier molecular flexibility index (Phi) is 7.03. The van der Waals surface area contributed by atoms with E-state index < -0.39 is 11.5 Å². The molecule has 0 fully saturated rings. The van der Waals surface area contributed by atoms with Crippen molar-refractivity contribution in [2.24, 2.45) is 0 Å². The number of anilines is 1. The van der Waals surface area contributed by atoms with Crippen LogP contribution in [0.25, 0.3) is 10.2 Å². The van der Waals surface area contributed by atoms with Crippen LogP contribution in [0, 0.1) is 6.92 Å². The number of para-hydroxylation sites is 2. The number of fused-ring (bicyclic) bond motifs is 1. The Morgan fingerprint density at radius 1 is 1.09 bits per heavy atom. The minimum Gasteiger partial charge on any atom is -0.495 e. The molecule has 1 amide bonds. The number of hydrogen-bond donors (Lipinski definition) is 1. The zero-order valence-corrected chi connectivity index (χ0v) is 19.6. The summed E-state index contributed by atoms with van der Waals surface area (Å²) in [7, 11) is 1.52. The van der Waals surface area contributed by atoms with Crippen LogP contribution in [0.2, 0.25) is 0 Å². The summed E-state index contributed by atoms with van der Waals surface area (Å²) in [6.45, 7) is 1.66. The highest BCUT2D eigenvalue weighted by Crippen LogP contribution is 2.29. The van der Waals surface area contributed by atoms with Gasteiger partial charge < -0.3 is 14.8 Å². The first-order valence-electron chi connectivity index (χ1n) is 10.6. The number of carbonyl (C=O) groups is 2. The minimum atomic E-state index is -0.527. The van der Waals surface area contributed by atoms with Crippen molar-refractivity contribution in [2.45, 2.75) is 19.9 Å². The van der Waals surface area contributed by atoms with Crippen LogP contribution in [0.15, 0.2) is 65.7 Å². The molecule has 0 aliphatic carbocycles. The van der Waals surface area contributed by atoms with Crippen molar-refractivity contribution in [1.82, 2.24) is 9.55 Å². The third-order valence-electron chi connectivity index (χ3n) is 5.27. The Morgan fingerprint density at radius 2 is 1.82 bits per heavy atom. The molecule has 34 heavy (non-hydrogen) atoms. The van der Waals surface area contributed by atoms with Crippen molar-refractivity contribution >= 4 is 39.1 Å². The number of ether oxygens (including phenoxy) is 2. The van der Waals surface area contributed by atoms with Crippen LogP contribution in [-0.2, 0) is 22.5 Å². The summed E-state index contributed by atoms with van der Waals surface area (Å²) in [6, 6.07) is 16.7. The van der Waals surface area contributed by atoms with E-state index >= 15 is 0 Å². The standard InChI is InChI=1S/C25H23N3O5S/c1-16-21-24(34-22(16)23(30)27-18-10-6-7-11-19(18)32-2)26-15-28(25(21)31)14-20(29)33-13-12-17-8-4-3-5-9-17/h3-11,15H,12-14H2,1-2H3,(H,27,30). The predicted octanol–water partition coefficient (Wildman–Crippen LogP) is 3.81. The molecule has 2 aromatic carbocycles. The normalized spacial score (nSPS) is 10.8. The highest BCUT2D eigenvalue weighted by molar-refractivity contribution is 7.20. The molecule has 0 radical (unpaired) electrons. The summed E-state index contributed by atoms with van der Waals surface area (Å²) < 4.78 is 11.8. The van der Waals surface area contributed by atoms with Gasteiger partial charge in [0.1, 0.15) is 17.1 Å². The molecule has 9 heteroatoms. The van der Waals surface area contributed by atoms with Crippen LogP contribution in [0.4, 0.5) is 5.69 Å². The third kappa shape index (κ3) is 4.99. The van der Waals surface area contributed by atoms with E-state index in [1.807, 2.05) is 30.3 Å². The lowest BCUT2D eigenvalue weighted by Crippen LogP contribution is -2.26. The highest BCUT2D eigenvalue weighted by atomic mass is 32.1. The van der Waals surface area contributed by atoms with E-state index in [2.05, 4.69) is 10.3 Å². The summed E-state index contributed by atoms with van der Waals surface area (Å²) >= 11 is 1.12. The maximum Gasteiger partial charge on any atom is 0.326 e. The number of carbonyl (C=O) groups excluding carboxylic acids is 2.